The summed E-state index contributed by atoms with van der Waals surface area (Å²) in [5.74, 6) is 0.778. The molecule has 0 N–H and O–H groups in total. The Hall–Kier alpha value is -1.82. The smallest absolute Gasteiger partial charge is 0.268 e. The number of ether oxygens (including phenoxy) is 1. The number of thiophene rings is 1. The highest BCUT2D eigenvalue weighted by Gasteiger charge is 2.24. The molecule has 4 rings (SSSR count). The van der Waals surface area contributed by atoms with Gasteiger partial charge in [0.05, 0.1) is 26.7 Å². The molecule has 0 radical (unpaired) electrons. The Bertz CT molecular complexity index is 1000. The Kier molecular flexibility index (Phi) is 4.78. The number of anilines is 1. The van der Waals surface area contributed by atoms with E-state index < -0.39 is 0 Å². The van der Waals surface area contributed by atoms with Crippen LogP contribution in [0.2, 0.25) is 5.02 Å². The zero-order chi connectivity index (χ0) is 18.3. The molecule has 1 aliphatic heterocycles. The Morgan fingerprint density at radius 3 is 2.85 bits per heavy atom. The standard InChI is InChI=1S/C20H15BrClNO2S/c1-23(16-8-3-2-7-15(16)22)20(24)17-11-12-9-10-25-18-13(19(12)26-17)5-4-6-14(18)21/h2-8,11H,9-10H2,1H3. The Morgan fingerprint density at radius 1 is 1.23 bits per heavy atom. The molecule has 1 aromatic heterocycles. The fourth-order valence-electron chi connectivity index (χ4n) is 3.04. The monoisotopic (exact) mass is 447 g/mol. The normalized spacial score (nSPS) is 12.6. The molecule has 2 heterocycles. The van der Waals surface area contributed by atoms with E-state index in [9.17, 15) is 4.79 Å². The van der Waals surface area contributed by atoms with Crippen LogP contribution >= 0.6 is 38.9 Å². The van der Waals surface area contributed by atoms with E-state index in [1.54, 1.807) is 18.0 Å². The average Bonchev–Trinajstić information content (AvgIpc) is 2.98. The Balaban J connectivity index is 1.74. The van der Waals surface area contributed by atoms with Crippen molar-refractivity contribution in [1.29, 1.82) is 0 Å². The van der Waals surface area contributed by atoms with Crippen molar-refractivity contribution in [3.8, 4) is 16.2 Å². The maximum absolute atomic E-state index is 13.0. The summed E-state index contributed by atoms with van der Waals surface area (Å²) in [5.41, 5.74) is 2.87. The summed E-state index contributed by atoms with van der Waals surface area (Å²) in [6.07, 6.45) is 0.774. The lowest BCUT2D eigenvalue weighted by Crippen LogP contribution is -2.25. The number of carbonyl (C=O) groups is 1. The van der Waals surface area contributed by atoms with Gasteiger partial charge in [-0.2, -0.15) is 0 Å². The van der Waals surface area contributed by atoms with Gasteiger partial charge in [0.1, 0.15) is 5.75 Å². The molecule has 26 heavy (non-hydrogen) atoms. The Labute approximate surface area is 169 Å². The van der Waals surface area contributed by atoms with Crippen molar-refractivity contribution in [3.05, 3.63) is 68.5 Å². The highest BCUT2D eigenvalue weighted by molar-refractivity contribution is 9.10. The molecule has 0 atom stereocenters. The molecule has 0 bridgehead atoms. The van der Waals surface area contributed by atoms with Crippen LogP contribution < -0.4 is 9.64 Å². The van der Waals surface area contributed by atoms with Crippen LogP contribution in [0.25, 0.3) is 10.4 Å². The maximum atomic E-state index is 13.0. The molecule has 1 amide bonds. The maximum Gasteiger partial charge on any atom is 0.268 e. The van der Waals surface area contributed by atoms with Crippen molar-refractivity contribution in [3.63, 3.8) is 0 Å². The summed E-state index contributed by atoms with van der Waals surface area (Å²) in [6, 6.07) is 15.3. The van der Waals surface area contributed by atoms with Crippen LogP contribution in [0.5, 0.6) is 5.75 Å². The third-order valence-corrected chi connectivity index (χ3v) is 6.51. The van der Waals surface area contributed by atoms with Gasteiger partial charge in [0, 0.05) is 23.9 Å². The number of carbonyl (C=O) groups excluding carboxylic acids is 1. The number of rotatable bonds is 2. The highest BCUT2D eigenvalue weighted by Crippen LogP contribution is 2.44. The molecular weight excluding hydrogens is 434 g/mol. The van der Waals surface area contributed by atoms with E-state index in [1.165, 1.54) is 11.3 Å². The van der Waals surface area contributed by atoms with Gasteiger partial charge in [-0.25, -0.2) is 0 Å². The number of nitrogens with zero attached hydrogens (tertiary/aromatic N) is 1. The van der Waals surface area contributed by atoms with E-state index in [-0.39, 0.29) is 5.91 Å². The molecule has 0 spiro atoms. The first kappa shape index (κ1) is 17.6. The molecule has 3 nitrogen and oxygen atoms in total. The van der Waals surface area contributed by atoms with Gasteiger partial charge in [0.15, 0.2) is 0 Å². The summed E-state index contributed by atoms with van der Waals surface area (Å²) >= 11 is 11.3. The predicted octanol–water partition coefficient (Wildman–Crippen LogP) is 6.04. The lowest BCUT2D eigenvalue weighted by atomic mass is 10.1. The molecule has 6 heteroatoms. The van der Waals surface area contributed by atoms with Gasteiger partial charge in [-0.05, 0) is 51.8 Å². The van der Waals surface area contributed by atoms with Crippen molar-refractivity contribution in [2.75, 3.05) is 18.6 Å². The minimum atomic E-state index is -0.0614. The Morgan fingerprint density at radius 2 is 2.04 bits per heavy atom. The lowest BCUT2D eigenvalue weighted by molar-refractivity contribution is 0.0997. The van der Waals surface area contributed by atoms with Crippen molar-refractivity contribution < 1.29 is 9.53 Å². The van der Waals surface area contributed by atoms with Gasteiger partial charge in [0.2, 0.25) is 0 Å². The second kappa shape index (κ2) is 7.06. The zero-order valence-electron chi connectivity index (χ0n) is 14.0. The van der Waals surface area contributed by atoms with E-state index in [0.717, 1.165) is 32.6 Å². The first-order chi connectivity index (χ1) is 12.6. The number of benzene rings is 2. The molecule has 0 aliphatic carbocycles. The van der Waals surface area contributed by atoms with E-state index in [2.05, 4.69) is 15.9 Å². The van der Waals surface area contributed by atoms with Crippen LogP contribution in [-0.2, 0) is 6.42 Å². The van der Waals surface area contributed by atoms with Crippen molar-refractivity contribution in [1.82, 2.24) is 0 Å². The zero-order valence-corrected chi connectivity index (χ0v) is 17.1. The van der Waals surface area contributed by atoms with Crippen LogP contribution in [0.4, 0.5) is 5.69 Å². The molecular formula is C20H15BrClNO2S. The number of hydrogen-bond donors (Lipinski definition) is 0. The van der Waals surface area contributed by atoms with Crippen LogP contribution in [0.15, 0.2) is 53.0 Å². The fraction of sp³-hybridized carbons (Fsp3) is 0.150. The van der Waals surface area contributed by atoms with E-state index in [4.69, 9.17) is 16.3 Å². The molecule has 132 valence electrons. The largest absolute Gasteiger partial charge is 0.491 e. The summed E-state index contributed by atoms with van der Waals surface area (Å²) in [6.45, 7) is 0.591. The molecule has 0 saturated heterocycles. The molecule has 0 fully saturated rings. The number of hydrogen-bond acceptors (Lipinski definition) is 3. The quantitative estimate of drug-likeness (QED) is 0.478. The summed E-state index contributed by atoms with van der Waals surface area (Å²) < 4.78 is 6.83. The fourth-order valence-corrected chi connectivity index (χ4v) is 4.99. The van der Waals surface area contributed by atoms with Gasteiger partial charge < -0.3 is 9.64 Å². The molecule has 0 unspecified atom stereocenters. The van der Waals surface area contributed by atoms with Gasteiger partial charge in [-0.1, -0.05) is 29.8 Å². The minimum Gasteiger partial charge on any atom is -0.491 e. The highest BCUT2D eigenvalue weighted by atomic mass is 79.9. The summed E-state index contributed by atoms with van der Waals surface area (Å²) in [4.78, 5) is 16.4. The topological polar surface area (TPSA) is 29.5 Å². The predicted molar refractivity (Wildman–Crippen MR) is 111 cm³/mol. The average molecular weight is 449 g/mol. The first-order valence-electron chi connectivity index (χ1n) is 8.13. The number of fused-ring (bicyclic) bond motifs is 3. The van der Waals surface area contributed by atoms with Gasteiger partial charge in [0.25, 0.3) is 5.91 Å². The second-order valence-corrected chi connectivity index (χ2v) is 8.31. The van der Waals surface area contributed by atoms with Crippen molar-refractivity contribution in [2.45, 2.75) is 6.42 Å². The van der Waals surface area contributed by atoms with Crippen LogP contribution in [-0.4, -0.2) is 19.6 Å². The third-order valence-electron chi connectivity index (χ3n) is 4.37. The van der Waals surface area contributed by atoms with Crippen molar-refractivity contribution >= 4 is 50.5 Å². The third kappa shape index (κ3) is 3.04. The SMILES string of the molecule is CN(C(=O)c1cc2c(s1)-c1cccc(Br)c1OCC2)c1ccccc1Cl. The van der Waals surface area contributed by atoms with Gasteiger partial charge in [-0.15, -0.1) is 11.3 Å². The molecule has 2 aromatic carbocycles. The van der Waals surface area contributed by atoms with Crippen LogP contribution in [0.3, 0.4) is 0 Å². The number of para-hydroxylation sites is 2. The van der Waals surface area contributed by atoms with Crippen molar-refractivity contribution in [2.24, 2.45) is 0 Å². The second-order valence-electron chi connectivity index (χ2n) is 6.00. The van der Waals surface area contributed by atoms with Crippen LogP contribution in [0.1, 0.15) is 15.2 Å². The summed E-state index contributed by atoms with van der Waals surface area (Å²) in [7, 11) is 1.75. The number of halogens is 2. The van der Waals surface area contributed by atoms with E-state index >= 15 is 0 Å². The molecule has 0 saturated carbocycles. The summed E-state index contributed by atoms with van der Waals surface area (Å²) in [5, 5.41) is 0.559. The molecule has 1 aliphatic rings. The minimum absolute atomic E-state index is 0.0614. The lowest BCUT2D eigenvalue weighted by Gasteiger charge is -2.17. The van der Waals surface area contributed by atoms with E-state index in [1.807, 2.05) is 42.5 Å². The first-order valence-corrected chi connectivity index (χ1v) is 10.1. The van der Waals surface area contributed by atoms with E-state index in [0.29, 0.717) is 22.2 Å². The number of amides is 1. The van der Waals surface area contributed by atoms with Gasteiger partial charge in [-0.3, -0.25) is 4.79 Å². The molecule has 3 aromatic rings. The van der Waals surface area contributed by atoms with Crippen LogP contribution in [0, 0.1) is 0 Å². The van der Waals surface area contributed by atoms with Gasteiger partial charge >= 0.3 is 0 Å².